The van der Waals surface area contributed by atoms with Crippen LogP contribution in [0.15, 0.2) is 53.0 Å². The van der Waals surface area contributed by atoms with Crippen molar-refractivity contribution in [2.75, 3.05) is 6.61 Å². The number of rotatable bonds is 5. The molecular formula is C16H17BrO2. The second kappa shape index (κ2) is 6.71. The van der Waals surface area contributed by atoms with E-state index in [1.165, 1.54) is 18.1 Å². The van der Waals surface area contributed by atoms with E-state index in [0.29, 0.717) is 18.4 Å². The summed E-state index contributed by atoms with van der Waals surface area (Å²) in [7, 11) is 0. The Hall–Kier alpha value is -1.35. The molecule has 0 N–H and O–H groups in total. The van der Waals surface area contributed by atoms with Crippen LogP contribution >= 0.6 is 15.9 Å². The highest BCUT2D eigenvalue weighted by Gasteiger charge is 2.35. The number of carbonyl (C=O) groups is 1. The van der Waals surface area contributed by atoms with Crippen molar-refractivity contribution in [3.8, 4) is 0 Å². The van der Waals surface area contributed by atoms with Gasteiger partial charge in [-0.1, -0.05) is 46.3 Å². The Morgan fingerprint density at radius 3 is 2.79 bits per heavy atom. The number of allylic oxidation sites excluding steroid dienone is 3. The van der Waals surface area contributed by atoms with Crippen molar-refractivity contribution < 1.29 is 9.53 Å². The Morgan fingerprint density at radius 1 is 1.37 bits per heavy atom. The molecule has 0 heterocycles. The molecule has 19 heavy (non-hydrogen) atoms. The normalized spacial score (nSPS) is 22.0. The summed E-state index contributed by atoms with van der Waals surface area (Å²) < 4.78 is 5.91. The summed E-state index contributed by atoms with van der Waals surface area (Å²) >= 11 is 3.44. The van der Waals surface area contributed by atoms with Crippen LogP contribution in [0.25, 0.3) is 0 Å². The zero-order chi connectivity index (χ0) is 13.7. The minimum atomic E-state index is -0.285. The molecule has 0 radical (unpaired) electrons. The lowest BCUT2D eigenvalue weighted by Crippen LogP contribution is -1.98. The molecule has 1 aliphatic carbocycles. The van der Waals surface area contributed by atoms with Crippen molar-refractivity contribution in [1.29, 1.82) is 0 Å². The van der Waals surface area contributed by atoms with Crippen LogP contribution in [0, 0.1) is 5.92 Å². The predicted molar refractivity (Wildman–Crippen MR) is 79.9 cm³/mol. The minimum Gasteiger partial charge on any atom is -0.463 e. The zero-order valence-electron chi connectivity index (χ0n) is 10.9. The molecule has 2 rings (SSSR count). The SMILES string of the molecule is CCOC(=O)C=CC=CC1CC1c1ccc(Br)cc1. The van der Waals surface area contributed by atoms with Gasteiger partial charge in [0.2, 0.25) is 0 Å². The van der Waals surface area contributed by atoms with Gasteiger partial charge in [-0.05, 0) is 42.9 Å². The van der Waals surface area contributed by atoms with E-state index in [0.717, 1.165) is 4.47 Å². The van der Waals surface area contributed by atoms with Crippen molar-refractivity contribution in [2.24, 2.45) is 5.92 Å². The Labute approximate surface area is 122 Å². The molecule has 0 amide bonds. The zero-order valence-corrected chi connectivity index (χ0v) is 12.5. The van der Waals surface area contributed by atoms with Gasteiger partial charge in [0.15, 0.2) is 0 Å². The average molecular weight is 321 g/mol. The van der Waals surface area contributed by atoms with Crippen molar-refractivity contribution in [3.05, 3.63) is 58.6 Å². The van der Waals surface area contributed by atoms with Crippen molar-refractivity contribution >= 4 is 21.9 Å². The quantitative estimate of drug-likeness (QED) is 0.461. The molecular weight excluding hydrogens is 304 g/mol. The van der Waals surface area contributed by atoms with Gasteiger partial charge in [0.1, 0.15) is 0 Å². The number of esters is 1. The topological polar surface area (TPSA) is 26.3 Å². The summed E-state index contributed by atoms with van der Waals surface area (Å²) in [6.45, 7) is 2.22. The molecule has 0 saturated heterocycles. The van der Waals surface area contributed by atoms with Gasteiger partial charge in [0.05, 0.1) is 6.61 Å². The van der Waals surface area contributed by atoms with E-state index in [9.17, 15) is 4.79 Å². The van der Waals surface area contributed by atoms with Gasteiger partial charge >= 0.3 is 5.97 Å². The van der Waals surface area contributed by atoms with E-state index in [-0.39, 0.29) is 5.97 Å². The van der Waals surface area contributed by atoms with Crippen molar-refractivity contribution in [2.45, 2.75) is 19.3 Å². The fourth-order valence-corrected chi connectivity index (χ4v) is 2.32. The highest BCUT2D eigenvalue weighted by molar-refractivity contribution is 9.10. The molecule has 0 spiro atoms. The molecule has 3 heteroatoms. The first-order valence-corrected chi connectivity index (χ1v) is 7.27. The number of hydrogen-bond acceptors (Lipinski definition) is 2. The average Bonchev–Trinajstić information content (AvgIpc) is 3.15. The van der Waals surface area contributed by atoms with Crippen LogP contribution < -0.4 is 0 Å². The Balaban J connectivity index is 1.80. The molecule has 1 aromatic rings. The first kappa shape index (κ1) is 14.1. The lowest BCUT2D eigenvalue weighted by molar-refractivity contribution is -0.137. The van der Waals surface area contributed by atoms with E-state index in [1.54, 1.807) is 13.0 Å². The molecule has 1 aromatic carbocycles. The van der Waals surface area contributed by atoms with E-state index in [1.807, 2.05) is 6.08 Å². The van der Waals surface area contributed by atoms with Crippen LogP contribution in [-0.4, -0.2) is 12.6 Å². The molecule has 1 saturated carbocycles. The van der Waals surface area contributed by atoms with Gasteiger partial charge in [0, 0.05) is 10.5 Å². The summed E-state index contributed by atoms with van der Waals surface area (Å²) in [4.78, 5) is 11.1. The molecule has 0 aliphatic heterocycles. The van der Waals surface area contributed by atoms with Crippen LogP contribution in [0.4, 0.5) is 0 Å². The standard InChI is InChI=1S/C16H17BrO2/c1-2-19-16(18)6-4-3-5-13-11-15(13)12-7-9-14(17)10-8-12/h3-10,13,15H,2,11H2,1H3. The smallest absolute Gasteiger partial charge is 0.330 e. The molecule has 1 aliphatic rings. The second-order valence-electron chi connectivity index (χ2n) is 4.55. The van der Waals surface area contributed by atoms with Crippen LogP contribution in [0.5, 0.6) is 0 Å². The molecule has 2 nitrogen and oxygen atoms in total. The van der Waals surface area contributed by atoms with E-state index in [4.69, 9.17) is 4.74 Å². The summed E-state index contributed by atoms with van der Waals surface area (Å²) in [6.07, 6.45) is 8.47. The maximum Gasteiger partial charge on any atom is 0.330 e. The lowest BCUT2D eigenvalue weighted by Gasteiger charge is -1.97. The van der Waals surface area contributed by atoms with E-state index >= 15 is 0 Å². The summed E-state index contributed by atoms with van der Waals surface area (Å²) in [5.41, 5.74) is 1.38. The second-order valence-corrected chi connectivity index (χ2v) is 5.47. The molecule has 1 fully saturated rings. The third kappa shape index (κ3) is 4.35. The maximum absolute atomic E-state index is 11.1. The van der Waals surface area contributed by atoms with Crippen molar-refractivity contribution in [1.82, 2.24) is 0 Å². The number of hydrogen-bond donors (Lipinski definition) is 0. The fraction of sp³-hybridized carbons (Fsp3) is 0.312. The van der Waals surface area contributed by atoms with Gasteiger partial charge in [-0.25, -0.2) is 4.79 Å². The number of halogens is 1. The highest BCUT2D eigenvalue weighted by atomic mass is 79.9. The first-order valence-electron chi connectivity index (χ1n) is 6.47. The number of carbonyl (C=O) groups excluding carboxylic acids is 1. The van der Waals surface area contributed by atoms with Crippen molar-refractivity contribution in [3.63, 3.8) is 0 Å². The Morgan fingerprint density at radius 2 is 2.11 bits per heavy atom. The number of benzene rings is 1. The molecule has 0 aromatic heterocycles. The van der Waals surface area contributed by atoms with E-state index in [2.05, 4.69) is 46.3 Å². The first-order chi connectivity index (χ1) is 9.20. The molecule has 2 unspecified atom stereocenters. The summed E-state index contributed by atoms with van der Waals surface area (Å²) in [5, 5.41) is 0. The van der Waals surface area contributed by atoms with Crippen LogP contribution in [-0.2, 0) is 9.53 Å². The molecule has 2 atom stereocenters. The van der Waals surface area contributed by atoms with Gasteiger partial charge < -0.3 is 4.74 Å². The predicted octanol–water partition coefficient (Wildman–Crippen LogP) is 4.23. The van der Waals surface area contributed by atoms with Crippen LogP contribution in [0.1, 0.15) is 24.8 Å². The summed E-state index contributed by atoms with van der Waals surface area (Å²) in [6, 6.07) is 8.48. The van der Waals surface area contributed by atoms with Crippen LogP contribution in [0.3, 0.4) is 0 Å². The third-order valence-electron chi connectivity index (χ3n) is 3.13. The van der Waals surface area contributed by atoms with Gasteiger partial charge in [-0.15, -0.1) is 0 Å². The minimum absolute atomic E-state index is 0.285. The third-order valence-corrected chi connectivity index (χ3v) is 3.65. The van der Waals surface area contributed by atoms with Crippen LogP contribution in [0.2, 0.25) is 0 Å². The number of ether oxygens (including phenoxy) is 1. The van der Waals surface area contributed by atoms with Gasteiger partial charge in [-0.2, -0.15) is 0 Å². The Bertz CT molecular complexity index is 488. The highest BCUT2D eigenvalue weighted by Crippen LogP contribution is 2.48. The molecule has 100 valence electrons. The maximum atomic E-state index is 11.1. The monoisotopic (exact) mass is 320 g/mol. The lowest BCUT2D eigenvalue weighted by atomic mass is 10.1. The van der Waals surface area contributed by atoms with Gasteiger partial charge in [-0.3, -0.25) is 0 Å². The molecule has 0 bridgehead atoms. The summed E-state index contributed by atoms with van der Waals surface area (Å²) in [5.74, 6) is 0.931. The largest absolute Gasteiger partial charge is 0.463 e. The fourth-order valence-electron chi connectivity index (χ4n) is 2.05. The Kier molecular flexibility index (Phi) is 4.97. The van der Waals surface area contributed by atoms with Gasteiger partial charge in [0.25, 0.3) is 0 Å². The van der Waals surface area contributed by atoms with E-state index < -0.39 is 0 Å².